The molecule has 2 amide bonds. The maximum atomic E-state index is 12.2. The van der Waals surface area contributed by atoms with Gasteiger partial charge in [0, 0.05) is 38.6 Å². The second-order valence-corrected chi connectivity index (χ2v) is 9.20. The summed E-state index contributed by atoms with van der Waals surface area (Å²) in [5.74, 6) is 0.517. The fraction of sp³-hybridized carbons (Fsp3) is 0.905. The highest BCUT2D eigenvalue weighted by molar-refractivity contribution is 5.76. The Hall–Kier alpha value is -1.30. The van der Waals surface area contributed by atoms with E-state index in [-0.39, 0.29) is 12.0 Å². The third-order valence-corrected chi connectivity index (χ3v) is 5.63. The maximum absolute atomic E-state index is 12.2. The number of amides is 2. The van der Waals surface area contributed by atoms with E-state index in [1.165, 1.54) is 25.8 Å². The Morgan fingerprint density at radius 1 is 1.07 bits per heavy atom. The fourth-order valence-corrected chi connectivity index (χ4v) is 3.98. The number of nitrogens with one attached hydrogen (secondary N) is 1. The molecule has 2 heterocycles. The van der Waals surface area contributed by atoms with Crippen LogP contribution in [0, 0.1) is 5.92 Å². The van der Waals surface area contributed by atoms with Crippen LogP contribution in [0.3, 0.4) is 0 Å². The van der Waals surface area contributed by atoms with Crippen molar-refractivity contribution < 1.29 is 14.3 Å². The Morgan fingerprint density at radius 2 is 1.78 bits per heavy atom. The lowest BCUT2D eigenvalue weighted by atomic mass is 9.93. The molecule has 156 valence electrons. The molecule has 2 fully saturated rings. The number of hydrogen-bond donors (Lipinski definition) is 1. The lowest BCUT2D eigenvalue weighted by Gasteiger charge is -2.33. The van der Waals surface area contributed by atoms with Crippen molar-refractivity contribution in [3.05, 3.63) is 0 Å². The Bertz CT molecular complexity index is 482. The van der Waals surface area contributed by atoms with Crippen molar-refractivity contribution in [3.63, 3.8) is 0 Å². The predicted octanol–water partition coefficient (Wildman–Crippen LogP) is 3.40. The minimum atomic E-state index is -0.459. The van der Waals surface area contributed by atoms with Gasteiger partial charge in [0.2, 0.25) is 5.91 Å². The average molecular weight is 382 g/mol. The van der Waals surface area contributed by atoms with Gasteiger partial charge in [-0.3, -0.25) is 4.79 Å². The van der Waals surface area contributed by atoms with Crippen molar-refractivity contribution in [2.45, 2.75) is 84.3 Å². The van der Waals surface area contributed by atoms with Crippen LogP contribution in [0.15, 0.2) is 0 Å². The van der Waals surface area contributed by atoms with Gasteiger partial charge < -0.3 is 19.9 Å². The predicted molar refractivity (Wildman–Crippen MR) is 108 cm³/mol. The molecule has 0 saturated carbocycles. The van der Waals surface area contributed by atoms with Gasteiger partial charge >= 0.3 is 6.09 Å². The number of carbonyl (C=O) groups excluding carboxylic acids is 2. The zero-order valence-corrected chi connectivity index (χ0v) is 17.8. The normalized spacial score (nSPS) is 22.5. The molecule has 0 aromatic rings. The van der Waals surface area contributed by atoms with Crippen LogP contribution in [0.1, 0.15) is 72.6 Å². The van der Waals surface area contributed by atoms with Crippen LogP contribution in [0.4, 0.5) is 4.79 Å². The molecular formula is C21H39N3O3. The molecule has 1 unspecified atom stereocenters. The first-order valence-electron chi connectivity index (χ1n) is 10.7. The summed E-state index contributed by atoms with van der Waals surface area (Å²) in [6.45, 7) is 12.4. The third-order valence-electron chi connectivity index (χ3n) is 5.63. The first kappa shape index (κ1) is 22.0. The molecule has 27 heavy (non-hydrogen) atoms. The van der Waals surface area contributed by atoms with Crippen LogP contribution in [0.5, 0.6) is 0 Å². The third kappa shape index (κ3) is 8.08. The van der Waals surface area contributed by atoms with Crippen LogP contribution in [0.25, 0.3) is 0 Å². The standard InChI is InChI=1S/C21H39N3O3/c1-17-8-5-6-12-23(17)13-7-11-22-19(25)16-18-9-14-24(15-10-18)20(26)27-21(2,3)4/h17-18H,5-16H2,1-4H3,(H,22,25). The summed E-state index contributed by atoms with van der Waals surface area (Å²) in [6.07, 6.45) is 7.05. The van der Waals surface area contributed by atoms with Crippen LogP contribution in [-0.4, -0.2) is 66.2 Å². The Balaban J connectivity index is 1.57. The van der Waals surface area contributed by atoms with E-state index in [0.717, 1.165) is 32.4 Å². The molecule has 0 radical (unpaired) electrons. The SMILES string of the molecule is CC1CCCCN1CCCNC(=O)CC1CCN(C(=O)OC(C)(C)C)CC1. The summed E-state index contributed by atoms with van der Waals surface area (Å²) in [5, 5.41) is 3.08. The number of rotatable bonds is 6. The summed E-state index contributed by atoms with van der Waals surface area (Å²) in [5.41, 5.74) is -0.459. The van der Waals surface area contributed by atoms with Gasteiger partial charge in [-0.05, 0) is 72.3 Å². The van der Waals surface area contributed by atoms with Crippen molar-refractivity contribution in [3.8, 4) is 0 Å². The Kier molecular flexibility index (Phi) is 8.39. The van der Waals surface area contributed by atoms with Gasteiger partial charge in [-0.2, -0.15) is 0 Å². The second kappa shape index (κ2) is 10.3. The zero-order chi connectivity index (χ0) is 19.9. The van der Waals surface area contributed by atoms with Crippen LogP contribution in [0.2, 0.25) is 0 Å². The maximum Gasteiger partial charge on any atom is 0.410 e. The highest BCUT2D eigenvalue weighted by Gasteiger charge is 2.27. The molecule has 0 aliphatic carbocycles. The zero-order valence-electron chi connectivity index (χ0n) is 17.8. The van der Waals surface area contributed by atoms with E-state index >= 15 is 0 Å². The number of carbonyl (C=O) groups is 2. The van der Waals surface area contributed by atoms with E-state index in [4.69, 9.17) is 4.74 Å². The summed E-state index contributed by atoms with van der Waals surface area (Å²) < 4.78 is 5.42. The molecule has 2 rings (SSSR count). The van der Waals surface area contributed by atoms with Crippen LogP contribution >= 0.6 is 0 Å². The Morgan fingerprint density at radius 3 is 2.41 bits per heavy atom. The van der Waals surface area contributed by atoms with Gasteiger partial charge in [-0.25, -0.2) is 4.79 Å². The second-order valence-electron chi connectivity index (χ2n) is 9.20. The molecule has 2 aliphatic heterocycles. The average Bonchev–Trinajstić information content (AvgIpc) is 2.59. The van der Waals surface area contributed by atoms with E-state index in [0.29, 0.717) is 31.5 Å². The number of hydrogen-bond acceptors (Lipinski definition) is 4. The summed E-state index contributed by atoms with van der Waals surface area (Å²) >= 11 is 0. The van der Waals surface area contributed by atoms with E-state index in [2.05, 4.69) is 17.1 Å². The minimum absolute atomic E-state index is 0.150. The van der Waals surface area contributed by atoms with Gasteiger partial charge in [-0.15, -0.1) is 0 Å². The smallest absolute Gasteiger partial charge is 0.410 e. The molecule has 2 aliphatic rings. The van der Waals surface area contributed by atoms with Crippen LogP contribution in [-0.2, 0) is 9.53 Å². The van der Waals surface area contributed by atoms with Crippen molar-refractivity contribution in [1.82, 2.24) is 15.1 Å². The van der Waals surface area contributed by atoms with E-state index in [9.17, 15) is 9.59 Å². The molecule has 2 saturated heterocycles. The molecular weight excluding hydrogens is 342 g/mol. The van der Waals surface area contributed by atoms with Crippen molar-refractivity contribution >= 4 is 12.0 Å². The van der Waals surface area contributed by atoms with Gasteiger partial charge in [-0.1, -0.05) is 6.42 Å². The monoisotopic (exact) mass is 381 g/mol. The van der Waals surface area contributed by atoms with E-state index < -0.39 is 5.60 Å². The summed E-state index contributed by atoms with van der Waals surface area (Å²) in [6, 6.07) is 0.685. The quantitative estimate of drug-likeness (QED) is 0.716. The Labute approximate surface area is 165 Å². The lowest BCUT2D eigenvalue weighted by molar-refractivity contribution is -0.122. The number of ether oxygens (including phenoxy) is 1. The van der Waals surface area contributed by atoms with Crippen molar-refractivity contribution in [1.29, 1.82) is 0 Å². The summed E-state index contributed by atoms with van der Waals surface area (Å²) in [7, 11) is 0. The molecule has 1 atom stereocenters. The number of nitrogens with zero attached hydrogens (tertiary/aromatic N) is 2. The van der Waals surface area contributed by atoms with E-state index in [1.807, 2.05) is 20.8 Å². The largest absolute Gasteiger partial charge is 0.444 e. The number of likely N-dealkylation sites (tertiary alicyclic amines) is 2. The molecule has 6 heteroatoms. The van der Waals surface area contributed by atoms with Crippen LogP contribution < -0.4 is 5.32 Å². The molecule has 0 aromatic carbocycles. The summed E-state index contributed by atoms with van der Waals surface area (Å²) in [4.78, 5) is 28.6. The van der Waals surface area contributed by atoms with Gasteiger partial charge in [0.25, 0.3) is 0 Å². The van der Waals surface area contributed by atoms with Gasteiger partial charge in [0.15, 0.2) is 0 Å². The highest BCUT2D eigenvalue weighted by atomic mass is 16.6. The first-order valence-corrected chi connectivity index (χ1v) is 10.7. The minimum Gasteiger partial charge on any atom is -0.444 e. The topological polar surface area (TPSA) is 61.9 Å². The molecule has 6 nitrogen and oxygen atoms in total. The molecule has 0 bridgehead atoms. The number of piperidine rings is 2. The van der Waals surface area contributed by atoms with Gasteiger partial charge in [0.1, 0.15) is 5.60 Å². The molecule has 0 spiro atoms. The van der Waals surface area contributed by atoms with Crippen molar-refractivity contribution in [2.24, 2.45) is 5.92 Å². The lowest BCUT2D eigenvalue weighted by Crippen LogP contribution is -2.42. The molecule has 0 aromatic heterocycles. The van der Waals surface area contributed by atoms with Gasteiger partial charge in [0.05, 0.1) is 0 Å². The van der Waals surface area contributed by atoms with E-state index in [1.54, 1.807) is 4.90 Å². The van der Waals surface area contributed by atoms with Crippen molar-refractivity contribution in [2.75, 3.05) is 32.7 Å². The highest BCUT2D eigenvalue weighted by Crippen LogP contribution is 2.22. The first-order chi connectivity index (χ1) is 12.7. The fourth-order valence-electron chi connectivity index (χ4n) is 3.98. The molecule has 1 N–H and O–H groups in total.